The number of carbonyl (C=O) groups excluding carboxylic acids is 1. The fourth-order valence-electron chi connectivity index (χ4n) is 3.62. The van der Waals surface area contributed by atoms with Gasteiger partial charge in [0.15, 0.2) is 6.54 Å². The number of anilines is 1. The van der Waals surface area contributed by atoms with Gasteiger partial charge in [0.2, 0.25) is 0 Å². The number of carbonyl (C=O) groups is 1. The van der Waals surface area contributed by atoms with Crippen molar-refractivity contribution in [3.05, 3.63) is 95.6 Å². The average molecular weight is 415 g/mol. The van der Waals surface area contributed by atoms with Crippen LogP contribution < -0.4 is 15.0 Å². The molecule has 0 heterocycles. The highest BCUT2D eigenvalue weighted by atomic mass is 16.5. The zero-order valence-corrected chi connectivity index (χ0v) is 18.0. The molecule has 3 aromatic carbocycles. The predicted molar refractivity (Wildman–Crippen MR) is 122 cm³/mol. The smallest absolute Gasteiger partial charge is 0.282 e. The SMILES string of the molecule is COc1ccccc1N(CCC#N)C(=O)C[NH2+][C@@H](c1ccccc1)c1ccc(C)cc1. The number of hydrogen-bond acceptors (Lipinski definition) is 3. The van der Waals surface area contributed by atoms with E-state index >= 15 is 0 Å². The second-order valence-electron chi connectivity index (χ2n) is 7.36. The number of aryl methyl sites for hydroxylation is 1. The largest absolute Gasteiger partial charge is 0.495 e. The van der Waals surface area contributed by atoms with Gasteiger partial charge in [0.25, 0.3) is 5.91 Å². The Labute approximate surface area is 183 Å². The zero-order valence-electron chi connectivity index (χ0n) is 18.0. The minimum atomic E-state index is -0.0622. The summed E-state index contributed by atoms with van der Waals surface area (Å²) in [5, 5.41) is 11.1. The number of rotatable bonds is 9. The van der Waals surface area contributed by atoms with Crippen molar-refractivity contribution in [1.82, 2.24) is 0 Å². The Bertz CT molecular complexity index is 1030. The lowest BCUT2D eigenvalue weighted by molar-refractivity contribution is -0.676. The van der Waals surface area contributed by atoms with Crippen LogP contribution >= 0.6 is 0 Å². The number of nitrogens with zero attached hydrogens (tertiary/aromatic N) is 2. The highest BCUT2D eigenvalue weighted by Gasteiger charge is 2.24. The maximum atomic E-state index is 13.3. The summed E-state index contributed by atoms with van der Waals surface area (Å²) in [6, 6.07) is 28.1. The molecule has 5 heteroatoms. The molecule has 158 valence electrons. The van der Waals surface area contributed by atoms with Crippen LogP contribution in [0.4, 0.5) is 5.69 Å². The Hall–Kier alpha value is -3.62. The van der Waals surface area contributed by atoms with Gasteiger partial charge in [-0.05, 0) is 19.1 Å². The highest BCUT2D eigenvalue weighted by molar-refractivity contribution is 5.95. The topological polar surface area (TPSA) is 69.9 Å². The van der Waals surface area contributed by atoms with Crippen molar-refractivity contribution in [3.63, 3.8) is 0 Å². The Morgan fingerprint density at radius 1 is 1.00 bits per heavy atom. The molecule has 0 saturated heterocycles. The predicted octanol–water partition coefficient (Wildman–Crippen LogP) is 3.60. The Morgan fingerprint density at radius 3 is 2.32 bits per heavy atom. The monoisotopic (exact) mass is 414 g/mol. The second-order valence-corrected chi connectivity index (χ2v) is 7.36. The number of nitriles is 1. The first kappa shape index (κ1) is 22.1. The van der Waals surface area contributed by atoms with Gasteiger partial charge in [-0.2, -0.15) is 5.26 Å². The van der Waals surface area contributed by atoms with Crippen molar-refractivity contribution < 1.29 is 14.8 Å². The number of hydrogen-bond donors (Lipinski definition) is 1. The van der Waals surface area contributed by atoms with Crippen LogP contribution in [0, 0.1) is 18.3 Å². The van der Waals surface area contributed by atoms with Gasteiger partial charge in [0.1, 0.15) is 11.8 Å². The summed E-state index contributed by atoms with van der Waals surface area (Å²) in [5.74, 6) is 0.555. The second kappa shape index (κ2) is 11.0. The van der Waals surface area contributed by atoms with Crippen LogP contribution in [0.5, 0.6) is 5.75 Å². The lowest BCUT2D eigenvalue weighted by Gasteiger charge is -2.24. The van der Waals surface area contributed by atoms with Crippen molar-refractivity contribution in [2.75, 3.05) is 25.1 Å². The summed E-state index contributed by atoms with van der Waals surface area (Å²) in [5.41, 5.74) is 4.17. The number of benzene rings is 3. The molecule has 3 aromatic rings. The molecular weight excluding hydrogens is 386 g/mol. The van der Waals surface area contributed by atoms with Crippen molar-refractivity contribution in [2.24, 2.45) is 0 Å². The lowest BCUT2D eigenvalue weighted by Crippen LogP contribution is -2.87. The first-order valence-electron chi connectivity index (χ1n) is 10.4. The lowest BCUT2D eigenvalue weighted by atomic mass is 9.98. The molecule has 0 unspecified atom stereocenters. The van der Waals surface area contributed by atoms with Crippen LogP contribution in [0.3, 0.4) is 0 Å². The van der Waals surface area contributed by atoms with Crippen LogP contribution in [-0.4, -0.2) is 26.1 Å². The van der Waals surface area contributed by atoms with Gasteiger partial charge in [0.05, 0.1) is 25.3 Å². The Kier molecular flexibility index (Phi) is 7.80. The maximum Gasteiger partial charge on any atom is 0.282 e. The molecular formula is C26H28N3O2+. The van der Waals surface area contributed by atoms with Crippen molar-refractivity contribution in [2.45, 2.75) is 19.4 Å². The van der Waals surface area contributed by atoms with Crippen LogP contribution in [-0.2, 0) is 4.79 Å². The van der Waals surface area contributed by atoms with Crippen LogP contribution in [0.1, 0.15) is 29.2 Å². The van der Waals surface area contributed by atoms with E-state index in [0.29, 0.717) is 18.0 Å². The van der Waals surface area contributed by atoms with Gasteiger partial charge < -0.3 is 15.0 Å². The zero-order chi connectivity index (χ0) is 22.1. The first-order chi connectivity index (χ1) is 15.1. The fraction of sp³-hybridized carbons (Fsp3) is 0.231. The molecule has 0 saturated carbocycles. The molecule has 0 aliphatic carbocycles. The minimum Gasteiger partial charge on any atom is -0.495 e. The number of amides is 1. The molecule has 2 N–H and O–H groups in total. The molecule has 31 heavy (non-hydrogen) atoms. The molecule has 0 spiro atoms. The van der Waals surface area contributed by atoms with Crippen molar-refractivity contribution >= 4 is 11.6 Å². The Morgan fingerprint density at radius 2 is 1.65 bits per heavy atom. The molecule has 0 aliphatic heterocycles. The minimum absolute atomic E-state index is 0.00114. The van der Waals surface area contributed by atoms with E-state index in [0.717, 1.165) is 11.1 Å². The quantitative estimate of drug-likeness (QED) is 0.582. The number of ether oxygens (including phenoxy) is 1. The third kappa shape index (κ3) is 5.71. The summed E-state index contributed by atoms with van der Waals surface area (Å²) in [6.45, 7) is 2.63. The molecule has 0 bridgehead atoms. The standard InChI is InChI=1S/C26H27N3O2/c1-20-13-15-22(16-14-20)26(21-9-4-3-5-10-21)28-19-25(30)29(18-8-17-27)23-11-6-7-12-24(23)31-2/h3-7,9-16,26,28H,8,18-19H2,1-2H3/p+1/t26-/m0/s1. The van der Waals surface area contributed by atoms with E-state index in [9.17, 15) is 4.79 Å². The van der Waals surface area contributed by atoms with Gasteiger partial charge in [0, 0.05) is 17.7 Å². The highest BCUT2D eigenvalue weighted by Crippen LogP contribution is 2.28. The maximum absolute atomic E-state index is 13.3. The van der Waals surface area contributed by atoms with E-state index in [-0.39, 0.29) is 24.9 Å². The summed E-state index contributed by atoms with van der Waals surface area (Å²) < 4.78 is 5.44. The van der Waals surface area contributed by atoms with E-state index in [1.165, 1.54) is 5.56 Å². The molecule has 0 aliphatic rings. The van der Waals surface area contributed by atoms with E-state index in [1.54, 1.807) is 12.0 Å². The van der Waals surface area contributed by atoms with Gasteiger partial charge in [-0.25, -0.2) is 0 Å². The van der Waals surface area contributed by atoms with Crippen molar-refractivity contribution in [1.29, 1.82) is 5.26 Å². The number of nitrogens with two attached hydrogens (primary N) is 1. The molecule has 5 nitrogen and oxygen atoms in total. The van der Waals surface area contributed by atoms with Gasteiger partial charge in [-0.1, -0.05) is 72.3 Å². The summed E-state index contributed by atoms with van der Waals surface area (Å²) in [4.78, 5) is 14.9. The van der Waals surface area contributed by atoms with Crippen LogP contribution in [0.2, 0.25) is 0 Å². The van der Waals surface area contributed by atoms with E-state index in [4.69, 9.17) is 10.00 Å². The molecule has 0 fully saturated rings. The fourth-order valence-corrected chi connectivity index (χ4v) is 3.62. The van der Waals surface area contributed by atoms with Crippen molar-refractivity contribution in [3.8, 4) is 11.8 Å². The van der Waals surface area contributed by atoms with Gasteiger partial charge in [-0.15, -0.1) is 0 Å². The average Bonchev–Trinajstić information content (AvgIpc) is 2.81. The van der Waals surface area contributed by atoms with E-state index in [2.05, 4.69) is 54.7 Å². The molecule has 0 radical (unpaired) electrons. The first-order valence-corrected chi connectivity index (χ1v) is 10.4. The third-order valence-electron chi connectivity index (χ3n) is 5.25. The number of quaternary nitrogens is 1. The summed E-state index contributed by atoms with van der Waals surface area (Å²) >= 11 is 0. The van der Waals surface area contributed by atoms with E-state index < -0.39 is 0 Å². The van der Waals surface area contributed by atoms with Crippen LogP contribution in [0.25, 0.3) is 0 Å². The van der Waals surface area contributed by atoms with E-state index in [1.807, 2.05) is 42.5 Å². The number of methoxy groups -OCH3 is 1. The number of para-hydroxylation sites is 2. The Balaban J connectivity index is 1.84. The summed E-state index contributed by atoms with van der Waals surface area (Å²) in [7, 11) is 1.58. The van der Waals surface area contributed by atoms with Gasteiger partial charge in [-0.3, -0.25) is 4.79 Å². The van der Waals surface area contributed by atoms with Crippen LogP contribution in [0.15, 0.2) is 78.9 Å². The molecule has 0 aromatic heterocycles. The normalized spacial score (nSPS) is 11.4. The molecule has 3 rings (SSSR count). The van der Waals surface area contributed by atoms with Gasteiger partial charge >= 0.3 is 0 Å². The summed E-state index contributed by atoms with van der Waals surface area (Å²) in [6.07, 6.45) is 0.254. The molecule has 1 atom stereocenters. The molecule has 1 amide bonds. The third-order valence-corrected chi connectivity index (χ3v) is 5.25.